The summed E-state index contributed by atoms with van der Waals surface area (Å²) in [6.07, 6.45) is 2.94. The third-order valence-electron chi connectivity index (χ3n) is 4.64. The van der Waals surface area contributed by atoms with Crippen molar-refractivity contribution in [2.24, 2.45) is 11.1 Å². The smallest absolute Gasteiger partial charge is 0.230 e. The normalized spacial score (nSPS) is 25.7. The van der Waals surface area contributed by atoms with Gasteiger partial charge in [0.2, 0.25) is 5.91 Å². The van der Waals surface area contributed by atoms with Gasteiger partial charge in [-0.2, -0.15) is 0 Å². The number of nitrogens with zero attached hydrogens (tertiary/aromatic N) is 1. The summed E-state index contributed by atoms with van der Waals surface area (Å²) in [5.41, 5.74) is 8.22. The largest absolute Gasteiger partial charge is 0.338 e. The van der Waals surface area contributed by atoms with Crippen molar-refractivity contribution < 1.29 is 4.79 Å². The molecule has 0 aromatic heterocycles. The van der Waals surface area contributed by atoms with Gasteiger partial charge in [-0.15, -0.1) is 0 Å². The number of carbonyl (C=O) groups excluding carboxylic acids is 1. The Hall–Kier alpha value is -1.35. The lowest BCUT2D eigenvalue weighted by Gasteiger charge is -2.34. The molecule has 2 unspecified atom stereocenters. The van der Waals surface area contributed by atoms with Crippen molar-refractivity contribution in [2.45, 2.75) is 52.6 Å². The van der Waals surface area contributed by atoms with Crippen LogP contribution in [0.1, 0.15) is 44.2 Å². The van der Waals surface area contributed by atoms with Crippen molar-refractivity contribution >= 4 is 5.91 Å². The molecule has 3 nitrogen and oxygen atoms in total. The van der Waals surface area contributed by atoms with Gasteiger partial charge in [-0.05, 0) is 39.2 Å². The highest BCUT2D eigenvalue weighted by atomic mass is 16.2. The van der Waals surface area contributed by atoms with E-state index in [-0.39, 0.29) is 17.4 Å². The highest BCUT2D eigenvalue weighted by Crippen LogP contribution is 2.38. The number of aryl methyl sites for hydroxylation is 1. The van der Waals surface area contributed by atoms with E-state index in [0.29, 0.717) is 6.54 Å². The van der Waals surface area contributed by atoms with E-state index < -0.39 is 0 Å². The number of rotatable bonds is 4. The number of carbonyl (C=O) groups is 1. The highest BCUT2D eigenvalue weighted by molar-refractivity contribution is 5.83. The second-order valence-electron chi connectivity index (χ2n) is 6.22. The molecule has 0 aliphatic heterocycles. The lowest BCUT2D eigenvalue weighted by molar-refractivity contribution is -0.142. The number of hydrogen-bond donors (Lipinski definition) is 1. The molecule has 1 aliphatic rings. The Labute approximate surface area is 122 Å². The fourth-order valence-electron chi connectivity index (χ4n) is 3.18. The van der Waals surface area contributed by atoms with E-state index in [1.54, 1.807) is 0 Å². The molecule has 3 heteroatoms. The van der Waals surface area contributed by atoms with Crippen LogP contribution in [0, 0.1) is 12.3 Å². The molecular formula is C17H26N2O. The van der Waals surface area contributed by atoms with Crippen LogP contribution < -0.4 is 5.73 Å². The summed E-state index contributed by atoms with van der Waals surface area (Å²) in [4.78, 5) is 14.8. The van der Waals surface area contributed by atoms with Crippen LogP contribution in [0.4, 0.5) is 0 Å². The summed E-state index contributed by atoms with van der Waals surface area (Å²) in [5.74, 6) is 0.214. The molecule has 1 fully saturated rings. The first-order chi connectivity index (χ1) is 9.47. The average molecular weight is 274 g/mol. The van der Waals surface area contributed by atoms with Gasteiger partial charge in [0.1, 0.15) is 0 Å². The summed E-state index contributed by atoms with van der Waals surface area (Å²) < 4.78 is 0. The summed E-state index contributed by atoms with van der Waals surface area (Å²) in [6, 6.07) is 8.36. The van der Waals surface area contributed by atoms with E-state index >= 15 is 0 Å². The van der Waals surface area contributed by atoms with Gasteiger partial charge in [0.15, 0.2) is 0 Å². The molecule has 110 valence electrons. The van der Waals surface area contributed by atoms with E-state index in [1.165, 1.54) is 11.1 Å². The van der Waals surface area contributed by atoms with Crippen molar-refractivity contribution in [3.63, 3.8) is 0 Å². The molecule has 1 aromatic rings. The predicted molar refractivity (Wildman–Crippen MR) is 82.2 cm³/mol. The summed E-state index contributed by atoms with van der Waals surface area (Å²) in [6.45, 7) is 7.56. The lowest BCUT2D eigenvalue weighted by atomic mass is 9.83. The minimum atomic E-state index is -0.375. The second kappa shape index (κ2) is 5.96. The van der Waals surface area contributed by atoms with Crippen LogP contribution in [-0.4, -0.2) is 23.4 Å². The molecule has 1 amide bonds. The number of amides is 1. The van der Waals surface area contributed by atoms with Gasteiger partial charge in [0, 0.05) is 19.1 Å². The van der Waals surface area contributed by atoms with Crippen LogP contribution in [0.3, 0.4) is 0 Å². The van der Waals surface area contributed by atoms with Crippen LogP contribution in [0.15, 0.2) is 24.3 Å². The molecule has 0 heterocycles. The van der Waals surface area contributed by atoms with Crippen LogP contribution in [0.5, 0.6) is 0 Å². The molecule has 2 N–H and O–H groups in total. The summed E-state index contributed by atoms with van der Waals surface area (Å²) >= 11 is 0. The number of nitrogens with two attached hydrogens (primary N) is 1. The zero-order valence-corrected chi connectivity index (χ0v) is 12.9. The Morgan fingerprint density at radius 3 is 2.80 bits per heavy atom. The molecule has 2 atom stereocenters. The first-order valence-electron chi connectivity index (χ1n) is 7.58. The van der Waals surface area contributed by atoms with Gasteiger partial charge in [0.05, 0.1) is 5.41 Å². The van der Waals surface area contributed by atoms with E-state index in [0.717, 1.165) is 25.8 Å². The predicted octanol–water partition coefficient (Wildman–Crippen LogP) is 2.86. The van der Waals surface area contributed by atoms with E-state index in [2.05, 4.69) is 25.1 Å². The van der Waals surface area contributed by atoms with Crippen LogP contribution in [0.2, 0.25) is 0 Å². The second-order valence-corrected chi connectivity index (χ2v) is 6.22. The monoisotopic (exact) mass is 274 g/mol. The van der Waals surface area contributed by atoms with Gasteiger partial charge in [-0.1, -0.05) is 36.2 Å². The third-order valence-corrected chi connectivity index (χ3v) is 4.64. The first kappa shape index (κ1) is 15.0. The Balaban J connectivity index is 2.14. The maximum Gasteiger partial charge on any atom is 0.230 e. The van der Waals surface area contributed by atoms with E-state index in [1.807, 2.05) is 24.8 Å². The summed E-state index contributed by atoms with van der Waals surface area (Å²) in [5, 5.41) is 0. The molecule has 0 radical (unpaired) electrons. The van der Waals surface area contributed by atoms with Crippen molar-refractivity contribution in [2.75, 3.05) is 6.54 Å². The average Bonchev–Trinajstić information content (AvgIpc) is 2.76. The number of benzene rings is 1. The molecule has 20 heavy (non-hydrogen) atoms. The molecule has 0 saturated heterocycles. The Kier molecular flexibility index (Phi) is 4.48. The molecule has 1 aliphatic carbocycles. The summed E-state index contributed by atoms with van der Waals surface area (Å²) in [7, 11) is 0. The maximum absolute atomic E-state index is 12.8. The van der Waals surface area contributed by atoms with Gasteiger partial charge >= 0.3 is 0 Å². The third kappa shape index (κ3) is 2.88. The van der Waals surface area contributed by atoms with Crippen molar-refractivity contribution in [3.05, 3.63) is 35.4 Å². The molecule has 1 saturated carbocycles. The maximum atomic E-state index is 12.8. The van der Waals surface area contributed by atoms with Crippen molar-refractivity contribution in [1.82, 2.24) is 4.90 Å². The Bertz CT molecular complexity index is 486. The van der Waals surface area contributed by atoms with Gasteiger partial charge in [-0.25, -0.2) is 0 Å². The standard InChI is InChI=1S/C17H26N2O/c1-4-19(12-14-8-5-7-13(2)11-14)16(20)17(3)10-6-9-15(17)18/h5,7-8,11,15H,4,6,9-10,12,18H2,1-3H3. The Morgan fingerprint density at radius 2 is 2.25 bits per heavy atom. The molecule has 0 spiro atoms. The molecule has 2 rings (SSSR count). The first-order valence-corrected chi connectivity index (χ1v) is 7.58. The van der Waals surface area contributed by atoms with Crippen LogP contribution in [0.25, 0.3) is 0 Å². The van der Waals surface area contributed by atoms with Crippen LogP contribution in [-0.2, 0) is 11.3 Å². The fraction of sp³-hybridized carbons (Fsp3) is 0.588. The fourth-order valence-corrected chi connectivity index (χ4v) is 3.18. The lowest BCUT2D eigenvalue weighted by Crippen LogP contribution is -2.48. The molecule has 1 aromatic carbocycles. The highest BCUT2D eigenvalue weighted by Gasteiger charge is 2.44. The number of hydrogen-bond acceptors (Lipinski definition) is 2. The minimum Gasteiger partial charge on any atom is -0.338 e. The quantitative estimate of drug-likeness (QED) is 0.917. The Morgan fingerprint density at radius 1 is 1.50 bits per heavy atom. The zero-order chi connectivity index (χ0) is 14.8. The molecule has 0 bridgehead atoms. The van der Waals surface area contributed by atoms with Crippen molar-refractivity contribution in [1.29, 1.82) is 0 Å². The van der Waals surface area contributed by atoms with Crippen LogP contribution >= 0.6 is 0 Å². The van der Waals surface area contributed by atoms with Crippen molar-refractivity contribution in [3.8, 4) is 0 Å². The minimum absolute atomic E-state index is 0.00144. The van der Waals surface area contributed by atoms with Gasteiger partial charge in [0.25, 0.3) is 0 Å². The van der Waals surface area contributed by atoms with E-state index in [4.69, 9.17) is 5.73 Å². The zero-order valence-electron chi connectivity index (χ0n) is 12.9. The van der Waals surface area contributed by atoms with E-state index in [9.17, 15) is 4.79 Å². The van der Waals surface area contributed by atoms with Gasteiger partial charge in [-0.3, -0.25) is 4.79 Å². The topological polar surface area (TPSA) is 46.3 Å². The molecular weight excluding hydrogens is 248 g/mol. The van der Waals surface area contributed by atoms with Gasteiger partial charge < -0.3 is 10.6 Å². The SMILES string of the molecule is CCN(Cc1cccc(C)c1)C(=O)C1(C)CCCC1N.